The van der Waals surface area contributed by atoms with Crippen molar-refractivity contribution in [2.24, 2.45) is 0 Å². The molecule has 0 saturated heterocycles. The van der Waals surface area contributed by atoms with E-state index in [1.165, 1.54) is 11.9 Å². The van der Waals surface area contributed by atoms with E-state index in [0.717, 1.165) is 16.4 Å². The van der Waals surface area contributed by atoms with Crippen molar-refractivity contribution in [1.82, 2.24) is 19.8 Å². The molecule has 3 aromatic rings. The summed E-state index contributed by atoms with van der Waals surface area (Å²) < 4.78 is 46.6. The van der Waals surface area contributed by atoms with Crippen LogP contribution in [0.1, 0.15) is 48.1 Å². The molecule has 3 rings (SSSR count). The van der Waals surface area contributed by atoms with Crippen LogP contribution in [0.4, 0.5) is 13.2 Å². The maximum Gasteiger partial charge on any atom is 0.433 e. The average Bonchev–Trinajstić information content (AvgIpc) is 3.35. The van der Waals surface area contributed by atoms with Gasteiger partial charge in [-0.2, -0.15) is 18.3 Å². The highest BCUT2D eigenvalue weighted by Crippen LogP contribution is 2.34. The predicted molar refractivity (Wildman–Crippen MR) is 105 cm³/mol. The highest BCUT2D eigenvalue weighted by Gasteiger charge is 2.41. The summed E-state index contributed by atoms with van der Waals surface area (Å²) in [5.74, 6) is -0.0601. The summed E-state index contributed by atoms with van der Waals surface area (Å²) in [5, 5.41) is 7.80. The lowest BCUT2D eigenvalue weighted by molar-refractivity contribution is -0.145. The van der Waals surface area contributed by atoms with E-state index in [0.29, 0.717) is 24.3 Å². The number of amides is 1. The molecular weight excluding hydrogens is 397 g/mol. The molecule has 1 aromatic carbocycles. The lowest BCUT2D eigenvalue weighted by Gasteiger charge is -2.19. The Kier molecular flexibility index (Phi) is 6.28. The second-order valence-electron chi connectivity index (χ2n) is 7.32. The van der Waals surface area contributed by atoms with Crippen molar-refractivity contribution in [3.63, 3.8) is 0 Å². The Morgan fingerprint density at radius 1 is 1.23 bits per heavy atom. The Labute approximate surface area is 172 Å². The van der Waals surface area contributed by atoms with Gasteiger partial charge in [0.15, 0.2) is 5.69 Å². The topological polar surface area (TPSA) is 64.2 Å². The lowest BCUT2D eigenvalue weighted by atomic mass is 10.1. The largest absolute Gasteiger partial charge is 0.433 e. The minimum atomic E-state index is -4.67. The maximum absolute atomic E-state index is 13.5. The molecule has 0 bridgehead atoms. The summed E-state index contributed by atoms with van der Waals surface area (Å²) in [5.41, 5.74) is 0.189. The zero-order valence-electron chi connectivity index (χ0n) is 17.0. The lowest BCUT2D eigenvalue weighted by Crippen LogP contribution is -2.30. The number of halogens is 3. The van der Waals surface area contributed by atoms with Gasteiger partial charge in [-0.1, -0.05) is 35.5 Å². The number of carbonyl (C=O) groups is 1. The van der Waals surface area contributed by atoms with Crippen LogP contribution in [-0.2, 0) is 12.6 Å². The van der Waals surface area contributed by atoms with Crippen LogP contribution in [0.2, 0.25) is 0 Å². The number of nitrogens with zero attached hydrogens (tertiary/aromatic N) is 4. The Hall–Kier alpha value is -3.10. The average molecular weight is 420 g/mol. The molecule has 1 amide bonds. The number of alkyl halides is 3. The molecule has 30 heavy (non-hydrogen) atoms. The molecule has 0 unspecified atom stereocenters. The van der Waals surface area contributed by atoms with Gasteiger partial charge in [-0.05, 0) is 20.3 Å². The van der Waals surface area contributed by atoms with Crippen molar-refractivity contribution in [1.29, 1.82) is 0 Å². The molecular formula is C21H23F3N4O2. The van der Waals surface area contributed by atoms with E-state index < -0.39 is 29.4 Å². The number of rotatable bonds is 7. The van der Waals surface area contributed by atoms with Crippen LogP contribution in [0.3, 0.4) is 0 Å². The molecule has 160 valence electrons. The summed E-state index contributed by atoms with van der Waals surface area (Å²) in [7, 11) is 1.48. The van der Waals surface area contributed by atoms with Gasteiger partial charge in [0.25, 0.3) is 5.91 Å². The Balaban J connectivity index is 1.63. The fourth-order valence-electron chi connectivity index (χ4n) is 3.17. The van der Waals surface area contributed by atoms with Crippen LogP contribution in [0.15, 0.2) is 47.1 Å². The number of aromatic nitrogens is 3. The fraction of sp³-hybridized carbons (Fsp3) is 0.381. The molecule has 0 aliphatic rings. The highest BCUT2D eigenvalue weighted by molar-refractivity contribution is 5.95. The van der Waals surface area contributed by atoms with E-state index in [1.54, 1.807) is 13.8 Å². The van der Waals surface area contributed by atoms with Gasteiger partial charge in [-0.25, -0.2) is 0 Å². The van der Waals surface area contributed by atoms with E-state index in [4.69, 9.17) is 4.52 Å². The zero-order valence-corrected chi connectivity index (χ0v) is 17.0. The van der Waals surface area contributed by atoms with Crippen LogP contribution in [0.5, 0.6) is 0 Å². The van der Waals surface area contributed by atoms with Crippen LogP contribution >= 0.6 is 0 Å². The monoisotopic (exact) mass is 420 g/mol. The Morgan fingerprint density at radius 2 is 1.93 bits per heavy atom. The number of benzene rings is 1. The quantitative estimate of drug-likeness (QED) is 0.549. The van der Waals surface area contributed by atoms with Gasteiger partial charge < -0.3 is 9.42 Å². The summed E-state index contributed by atoms with van der Waals surface area (Å²) in [6.07, 6.45) is -2.65. The first-order valence-electron chi connectivity index (χ1n) is 9.59. The number of hydrogen-bond acceptors (Lipinski definition) is 4. The van der Waals surface area contributed by atoms with Crippen LogP contribution in [-0.4, -0.2) is 39.3 Å². The fourth-order valence-corrected chi connectivity index (χ4v) is 3.17. The third-order valence-corrected chi connectivity index (χ3v) is 4.68. The van der Waals surface area contributed by atoms with E-state index in [-0.39, 0.29) is 6.54 Å². The SMILES string of the molecule is CC(C)n1ncc(C(=O)N(C)CCCc2cc(-c3ccccc3)no2)c1C(F)(F)F. The highest BCUT2D eigenvalue weighted by atomic mass is 19.4. The standard InChI is InChI=1S/C21H23F3N4O2/c1-14(2)28-19(21(22,23)24)17(13-25-28)20(29)27(3)11-7-10-16-12-18(26-30-16)15-8-5-4-6-9-15/h4-6,8-9,12-14H,7,10-11H2,1-3H3. The molecule has 9 heteroatoms. The summed E-state index contributed by atoms with van der Waals surface area (Å²) in [6.45, 7) is 3.44. The Bertz CT molecular complexity index is 993. The van der Waals surface area contributed by atoms with E-state index >= 15 is 0 Å². The second kappa shape index (κ2) is 8.73. The molecule has 0 spiro atoms. The van der Waals surface area contributed by atoms with Gasteiger partial charge in [0.2, 0.25) is 0 Å². The molecule has 2 aromatic heterocycles. The van der Waals surface area contributed by atoms with Crippen LogP contribution in [0.25, 0.3) is 11.3 Å². The van der Waals surface area contributed by atoms with Crippen molar-refractivity contribution in [2.75, 3.05) is 13.6 Å². The summed E-state index contributed by atoms with van der Waals surface area (Å²) in [6, 6.07) is 10.9. The van der Waals surface area contributed by atoms with Gasteiger partial charge in [0, 0.05) is 37.7 Å². The van der Waals surface area contributed by atoms with Gasteiger partial charge >= 0.3 is 6.18 Å². The number of aryl methyl sites for hydroxylation is 1. The first kappa shape index (κ1) is 21.6. The Morgan fingerprint density at radius 3 is 2.57 bits per heavy atom. The number of hydrogen-bond donors (Lipinski definition) is 0. The third kappa shape index (κ3) is 4.72. The molecule has 0 radical (unpaired) electrons. The predicted octanol–water partition coefficient (Wildman–Crippen LogP) is 4.84. The van der Waals surface area contributed by atoms with Gasteiger partial charge in [0.05, 0.1) is 11.8 Å². The molecule has 2 heterocycles. The van der Waals surface area contributed by atoms with Crippen molar-refractivity contribution in [3.05, 3.63) is 59.6 Å². The van der Waals surface area contributed by atoms with Crippen molar-refractivity contribution < 1.29 is 22.5 Å². The van der Waals surface area contributed by atoms with E-state index in [2.05, 4.69) is 10.3 Å². The maximum atomic E-state index is 13.5. The molecule has 6 nitrogen and oxygen atoms in total. The first-order valence-corrected chi connectivity index (χ1v) is 9.59. The van der Waals surface area contributed by atoms with Crippen LogP contribution in [0, 0.1) is 0 Å². The third-order valence-electron chi connectivity index (χ3n) is 4.68. The van der Waals surface area contributed by atoms with Crippen molar-refractivity contribution >= 4 is 5.91 Å². The van der Waals surface area contributed by atoms with Gasteiger partial charge in [0.1, 0.15) is 11.5 Å². The molecule has 0 aliphatic carbocycles. The molecule has 0 N–H and O–H groups in total. The normalized spacial score (nSPS) is 11.8. The van der Waals surface area contributed by atoms with Crippen molar-refractivity contribution in [2.45, 2.75) is 38.9 Å². The second-order valence-corrected chi connectivity index (χ2v) is 7.32. The smallest absolute Gasteiger partial charge is 0.361 e. The summed E-state index contributed by atoms with van der Waals surface area (Å²) in [4.78, 5) is 13.9. The van der Waals surface area contributed by atoms with Crippen molar-refractivity contribution in [3.8, 4) is 11.3 Å². The molecule has 0 saturated carbocycles. The zero-order chi connectivity index (χ0) is 21.9. The first-order chi connectivity index (χ1) is 14.2. The van der Waals surface area contributed by atoms with Gasteiger partial charge in [-0.3, -0.25) is 9.48 Å². The van der Waals surface area contributed by atoms with Crippen LogP contribution < -0.4 is 0 Å². The molecule has 0 aliphatic heterocycles. The van der Waals surface area contributed by atoms with E-state index in [9.17, 15) is 18.0 Å². The number of carbonyl (C=O) groups excluding carboxylic acids is 1. The summed E-state index contributed by atoms with van der Waals surface area (Å²) >= 11 is 0. The van der Waals surface area contributed by atoms with E-state index in [1.807, 2.05) is 36.4 Å². The minimum absolute atomic E-state index is 0.268. The minimum Gasteiger partial charge on any atom is -0.361 e. The molecule has 0 fully saturated rings. The molecule has 0 atom stereocenters. The van der Waals surface area contributed by atoms with Gasteiger partial charge in [-0.15, -0.1) is 0 Å².